The van der Waals surface area contributed by atoms with Crippen LogP contribution >= 0.6 is 0 Å². The van der Waals surface area contributed by atoms with E-state index in [0.717, 1.165) is 0 Å². The highest BCUT2D eigenvalue weighted by Gasteiger charge is 2.36. The van der Waals surface area contributed by atoms with Crippen molar-refractivity contribution in [3.8, 4) is 0 Å². The van der Waals surface area contributed by atoms with E-state index in [2.05, 4.69) is 5.32 Å². The molecule has 0 aromatic rings. The first-order chi connectivity index (χ1) is 8.60. The summed E-state index contributed by atoms with van der Waals surface area (Å²) in [5.41, 5.74) is 4.85. The van der Waals surface area contributed by atoms with Gasteiger partial charge in [0.2, 0.25) is 5.91 Å². The maximum absolute atomic E-state index is 11.7. The summed E-state index contributed by atoms with van der Waals surface area (Å²) in [5.74, 6) is -0.223. The van der Waals surface area contributed by atoms with Gasteiger partial charge in [0.1, 0.15) is 5.60 Å². The molecule has 1 atom stereocenters. The van der Waals surface area contributed by atoms with Crippen molar-refractivity contribution in [2.24, 2.45) is 11.7 Å². The summed E-state index contributed by atoms with van der Waals surface area (Å²) in [6.45, 7) is 10.5. The summed E-state index contributed by atoms with van der Waals surface area (Å²) in [6, 6.07) is -0.252. The third-order valence-corrected chi connectivity index (χ3v) is 2.92. The maximum atomic E-state index is 11.7. The van der Waals surface area contributed by atoms with E-state index < -0.39 is 5.60 Å². The Kier molecular flexibility index (Phi) is 4.79. The van der Waals surface area contributed by atoms with Gasteiger partial charge in [-0.05, 0) is 26.7 Å². The van der Waals surface area contributed by atoms with E-state index in [4.69, 9.17) is 10.5 Å². The van der Waals surface area contributed by atoms with Crippen LogP contribution in [0.15, 0.2) is 0 Å². The lowest BCUT2D eigenvalue weighted by Gasteiger charge is -2.41. The highest BCUT2D eigenvalue weighted by Crippen LogP contribution is 2.16. The van der Waals surface area contributed by atoms with E-state index in [1.165, 1.54) is 0 Å². The second-order valence-electron chi connectivity index (χ2n) is 6.37. The lowest BCUT2D eigenvalue weighted by atomic mass is 10.0. The van der Waals surface area contributed by atoms with Crippen LogP contribution in [0.3, 0.4) is 0 Å². The zero-order chi connectivity index (χ0) is 14.8. The third-order valence-electron chi connectivity index (χ3n) is 2.92. The first-order valence-electron chi connectivity index (χ1n) is 6.63. The molecule has 1 saturated heterocycles. The van der Waals surface area contributed by atoms with Gasteiger partial charge in [0, 0.05) is 19.1 Å². The van der Waals surface area contributed by atoms with Crippen LogP contribution in [0.25, 0.3) is 0 Å². The standard InChI is InChI=1S/C13H25N3O3/c1-8(2)10(11(14)17)15-9-6-16(7-9)12(18)19-13(3,4)5/h8-10,15H,6-7H2,1-5H3,(H2,14,17). The predicted octanol–water partition coefficient (Wildman–Crippen LogP) is 0.705. The number of nitrogens with one attached hydrogen (secondary N) is 1. The Morgan fingerprint density at radius 3 is 2.21 bits per heavy atom. The molecule has 3 N–H and O–H groups in total. The molecule has 0 spiro atoms. The van der Waals surface area contributed by atoms with Gasteiger partial charge in [0.05, 0.1) is 6.04 Å². The van der Waals surface area contributed by atoms with E-state index in [-0.39, 0.29) is 30.0 Å². The number of rotatable bonds is 4. The van der Waals surface area contributed by atoms with Gasteiger partial charge in [0.25, 0.3) is 0 Å². The van der Waals surface area contributed by atoms with E-state index in [1.807, 2.05) is 34.6 Å². The van der Waals surface area contributed by atoms with Crippen LogP contribution in [0, 0.1) is 5.92 Å². The minimum atomic E-state index is -0.483. The van der Waals surface area contributed by atoms with Crippen molar-refractivity contribution in [2.45, 2.75) is 52.3 Å². The largest absolute Gasteiger partial charge is 0.444 e. The number of hydrogen-bond acceptors (Lipinski definition) is 4. The van der Waals surface area contributed by atoms with Gasteiger partial charge in [0.15, 0.2) is 0 Å². The fourth-order valence-electron chi connectivity index (χ4n) is 1.92. The van der Waals surface area contributed by atoms with Gasteiger partial charge >= 0.3 is 6.09 Å². The Morgan fingerprint density at radius 2 is 1.84 bits per heavy atom. The van der Waals surface area contributed by atoms with Gasteiger partial charge in [-0.15, -0.1) is 0 Å². The molecule has 19 heavy (non-hydrogen) atoms. The fraction of sp³-hybridized carbons (Fsp3) is 0.846. The Balaban J connectivity index is 2.37. The number of carbonyl (C=O) groups is 2. The van der Waals surface area contributed by atoms with Gasteiger partial charge in [-0.25, -0.2) is 4.79 Å². The average molecular weight is 271 g/mol. The molecular formula is C13H25N3O3. The minimum absolute atomic E-state index is 0.104. The van der Waals surface area contributed by atoms with Crippen molar-refractivity contribution in [3.05, 3.63) is 0 Å². The Bertz CT molecular complexity index is 344. The molecule has 0 aromatic heterocycles. The SMILES string of the molecule is CC(C)C(NC1CN(C(=O)OC(C)(C)C)C1)C(N)=O. The summed E-state index contributed by atoms with van der Waals surface area (Å²) in [6.07, 6.45) is -0.314. The van der Waals surface area contributed by atoms with E-state index in [0.29, 0.717) is 13.1 Å². The lowest BCUT2D eigenvalue weighted by Crippen LogP contribution is -2.64. The number of nitrogens with zero attached hydrogens (tertiary/aromatic N) is 1. The summed E-state index contributed by atoms with van der Waals surface area (Å²) in [4.78, 5) is 24.6. The van der Waals surface area contributed by atoms with Gasteiger partial charge in [-0.1, -0.05) is 13.8 Å². The van der Waals surface area contributed by atoms with Crippen LogP contribution in [0.2, 0.25) is 0 Å². The number of amides is 2. The van der Waals surface area contributed by atoms with Gasteiger partial charge in [-0.2, -0.15) is 0 Å². The monoisotopic (exact) mass is 271 g/mol. The molecule has 1 heterocycles. The van der Waals surface area contributed by atoms with Gasteiger partial charge in [-0.3, -0.25) is 10.1 Å². The molecule has 1 rings (SSSR count). The first kappa shape index (κ1) is 15.8. The molecule has 0 radical (unpaired) electrons. The fourth-order valence-corrected chi connectivity index (χ4v) is 1.92. The zero-order valence-corrected chi connectivity index (χ0v) is 12.4. The molecule has 0 saturated carbocycles. The molecular weight excluding hydrogens is 246 g/mol. The first-order valence-corrected chi connectivity index (χ1v) is 6.63. The average Bonchev–Trinajstić information content (AvgIpc) is 2.10. The number of primary amides is 1. The normalized spacial score (nSPS) is 18.1. The van der Waals surface area contributed by atoms with Gasteiger partial charge < -0.3 is 15.4 Å². The summed E-state index contributed by atoms with van der Waals surface area (Å²) >= 11 is 0. The maximum Gasteiger partial charge on any atom is 0.410 e. The molecule has 1 fully saturated rings. The van der Waals surface area contributed by atoms with Crippen molar-refractivity contribution < 1.29 is 14.3 Å². The van der Waals surface area contributed by atoms with Crippen LogP contribution in [0.4, 0.5) is 4.79 Å². The molecule has 2 amide bonds. The predicted molar refractivity (Wildman–Crippen MR) is 72.6 cm³/mol. The Labute approximate surface area is 114 Å². The highest BCUT2D eigenvalue weighted by molar-refractivity contribution is 5.80. The second kappa shape index (κ2) is 5.77. The topological polar surface area (TPSA) is 84.7 Å². The molecule has 0 bridgehead atoms. The van der Waals surface area contributed by atoms with Crippen molar-refractivity contribution in [3.63, 3.8) is 0 Å². The van der Waals surface area contributed by atoms with E-state index in [1.54, 1.807) is 4.90 Å². The molecule has 6 nitrogen and oxygen atoms in total. The third kappa shape index (κ3) is 4.70. The van der Waals surface area contributed by atoms with Crippen LogP contribution in [-0.4, -0.2) is 47.7 Å². The number of ether oxygens (including phenoxy) is 1. The highest BCUT2D eigenvalue weighted by atomic mass is 16.6. The van der Waals surface area contributed by atoms with Crippen LogP contribution < -0.4 is 11.1 Å². The molecule has 0 aliphatic carbocycles. The Hall–Kier alpha value is -1.30. The minimum Gasteiger partial charge on any atom is -0.444 e. The summed E-state index contributed by atoms with van der Waals surface area (Å²) in [7, 11) is 0. The molecule has 1 aliphatic rings. The smallest absolute Gasteiger partial charge is 0.410 e. The quantitative estimate of drug-likeness (QED) is 0.788. The van der Waals surface area contributed by atoms with E-state index in [9.17, 15) is 9.59 Å². The summed E-state index contributed by atoms with van der Waals surface area (Å²) in [5, 5.41) is 3.18. The van der Waals surface area contributed by atoms with E-state index >= 15 is 0 Å². The van der Waals surface area contributed by atoms with Crippen molar-refractivity contribution in [1.29, 1.82) is 0 Å². The second-order valence-corrected chi connectivity index (χ2v) is 6.37. The zero-order valence-electron chi connectivity index (χ0n) is 12.4. The number of carbonyl (C=O) groups excluding carboxylic acids is 2. The molecule has 1 aliphatic heterocycles. The van der Waals surface area contributed by atoms with Crippen LogP contribution in [0.1, 0.15) is 34.6 Å². The molecule has 0 aromatic carbocycles. The van der Waals surface area contributed by atoms with Crippen molar-refractivity contribution >= 4 is 12.0 Å². The van der Waals surface area contributed by atoms with Crippen molar-refractivity contribution in [1.82, 2.24) is 10.2 Å². The molecule has 1 unspecified atom stereocenters. The summed E-state index contributed by atoms with van der Waals surface area (Å²) < 4.78 is 5.26. The lowest BCUT2D eigenvalue weighted by molar-refractivity contribution is -0.121. The number of hydrogen-bond donors (Lipinski definition) is 2. The molecule has 110 valence electrons. The number of nitrogens with two attached hydrogens (primary N) is 1. The van der Waals surface area contributed by atoms with Crippen LogP contribution in [0.5, 0.6) is 0 Å². The van der Waals surface area contributed by atoms with Crippen LogP contribution in [-0.2, 0) is 9.53 Å². The van der Waals surface area contributed by atoms with Crippen molar-refractivity contribution in [2.75, 3.05) is 13.1 Å². The Morgan fingerprint density at radius 1 is 1.32 bits per heavy atom. The number of likely N-dealkylation sites (tertiary alicyclic amines) is 1. The molecule has 6 heteroatoms.